The first-order valence-electron chi connectivity index (χ1n) is 12.4. The van der Waals surface area contributed by atoms with Gasteiger partial charge >= 0.3 is 12.1 Å². The van der Waals surface area contributed by atoms with E-state index in [1.807, 2.05) is 0 Å². The summed E-state index contributed by atoms with van der Waals surface area (Å²) in [5.74, 6) is -1.64. The van der Waals surface area contributed by atoms with Crippen molar-refractivity contribution < 1.29 is 33.4 Å². The van der Waals surface area contributed by atoms with Crippen LogP contribution in [0.15, 0.2) is 17.1 Å². The molecule has 1 aliphatic carbocycles. The Morgan fingerprint density at radius 2 is 1.95 bits per heavy atom. The summed E-state index contributed by atoms with van der Waals surface area (Å²) in [5, 5.41) is 10.0. The number of aliphatic hydroxyl groups excluding tert-OH is 1. The Morgan fingerprint density at radius 3 is 2.51 bits per heavy atom. The summed E-state index contributed by atoms with van der Waals surface area (Å²) in [6.07, 6.45) is 2.89. The number of rotatable bonds is 6. The number of nitrogens with zero attached hydrogens (tertiary/aromatic N) is 3. The van der Waals surface area contributed by atoms with Crippen molar-refractivity contribution in [3.8, 4) is 0 Å². The van der Waals surface area contributed by atoms with Crippen LogP contribution in [0, 0.1) is 5.82 Å². The summed E-state index contributed by atoms with van der Waals surface area (Å²) in [6.45, 7) is 6.89. The molecule has 200 valence electrons. The van der Waals surface area contributed by atoms with Gasteiger partial charge in [-0.15, -0.1) is 0 Å². The van der Waals surface area contributed by atoms with Gasteiger partial charge in [0.1, 0.15) is 17.0 Å². The molecule has 1 aliphatic heterocycles. The number of piperazine rings is 1. The third-order valence-corrected chi connectivity index (χ3v) is 6.46. The van der Waals surface area contributed by atoms with Crippen LogP contribution in [0.5, 0.6) is 0 Å². The topological polar surface area (TPSA) is 118 Å². The number of aromatic nitrogens is 1. The van der Waals surface area contributed by atoms with Gasteiger partial charge < -0.3 is 28.9 Å². The fourth-order valence-electron chi connectivity index (χ4n) is 4.70. The Morgan fingerprint density at radius 1 is 1.24 bits per heavy atom. The van der Waals surface area contributed by atoms with Gasteiger partial charge in [0.05, 0.1) is 41.4 Å². The predicted octanol–water partition coefficient (Wildman–Crippen LogP) is 2.88. The van der Waals surface area contributed by atoms with E-state index in [0.717, 1.165) is 18.9 Å². The lowest BCUT2D eigenvalue weighted by molar-refractivity contribution is 0.0196. The second-order valence-electron chi connectivity index (χ2n) is 10.3. The van der Waals surface area contributed by atoms with Crippen LogP contribution < -0.4 is 10.3 Å². The lowest BCUT2D eigenvalue weighted by Crippen LogP contribution is -2.57. The molecule has 2 aromatic rings. The van der Waals surface area contributed by atoms with Crippen molar-refractivity contribution in [3.63, 3.8) is 0 Å². The molecule has 11 heteroatoms. The highest BCUT2D eigenvalue weighted by Gasteiger charge is 2.36. The van der Waals surface area contributed by atoms with Crippen LogP contribution in [0.4, 0.5) is 14.9 Å². The van der Waals surface area contributed by atoms with Gasteiger partial charge in [0.2, 0.25) is 5.43 Å². The average molecular weight is 518 g/mol. The lowest BCUT2D eigenvalue weighted by Gasteiger charge is -2.42. The number of hydrogen-bond acceptors (Lipinski definition) is 8. The van der Waals surface area contributed by atoms with Crippen LogP contribution in [0.2, 0.25) is 0 Å². The van der Waals surface area contributed by atoms with Gasteiger partial charge in [-0.2, -0.15) is 0 Å². The van der Waals surface area contributed by atoms with Crippen LogP contribution in [-0.2, 0) is 9.47 Å². The second-order valence-corrected chi connectivity index (χ2v) is 10.3. The summed E-state index contributed by atoms with van der Waals surface area (Å²) >= 11 is 0. The van der Waals surface area contributed by atoms with E-state index in [1.54, 1.807) is 37.2 Å². The smallest absolute Gasteiger partial charge is 0.410 e. The minimum absolute atomic E-state index is 0.0430. The number of ether oxygens (including phenoxy) is 2. The van der Waals surface area contributed by atoms with Gasteiger partial charge in [0.15, 0.2) is 6.29 Å². The van der Waals surface area contributed by atoms with Gasteiger partial charge in [0, 0.05) is 31.9 Å². The molecule has 0 unspecified atom stereocenters. The number of benzene rings is 1. The Labute approximate surface area is 213 Å². The molecule has 2 aliphatic rings. The van der Waals surface area contributed by atoms with E-state index in [4.69, 9.17) is 9.47 Å². The van der Waals surface area contributed by atoms with Gasteiger partial charge in [-0.3, -0.25) is 9.59 Å². The van der Waals surface area contributed by atoms with Crippen molar-refractivity contribution in [2.45, 2.75) is 58.2 Å². The van der Waals surface area contributed by atoms with Crippen LogP contribution in [0.25, 0.3) is 10.9 Å². The largest absolute Gasteiger partial charge is 0.462 e. The molecule has 10 nitrogen and oxygen atoms in total. The highest BCUT2D eigenvalue weighted by atomic mass is 19.1. The van der Waals surface area contributed by atoms with E-state index in [2.05, 4.69) is 0 Å². The quantitative estimate of drug-likeness (QED) is 0.459. The third kappa shape index (κ3) is 5.18. The molecule has 37 heavy (non-hydrogen) atoms. The van der Waals surface area contributed by atoms with Crippen molar-refractivity contribution >= 4 is 34.9 Å². The molecule has 1 N–H and O–H groups in total. The first kappa shape index (κ1) is 26.6. The van der Waals surface area contributed by atoms with E-state index in [1.165, 1.54) is 11.1 Å². The molecule has 1 atom stereocenters. The number of fused-ring (bicyclic) bond motifs is 1. The van der Waals surface area contributed by atoms with Gasteiger partial charge in [0.25, 0.3) is 0 Å². The zero-order valence-electron chi connectivity index (χ0n) is 21.5. The molecule has 4 rings (SSSR count). The molecule has 2 heterocycles. The normalized spacial score (nSPS) is 18.2. The Hall–Kier alpha value is -3.47. The number of carbonyl (C=O) groups excluding carboxylic acids is 3. The number of hydrogen-bond donors (Lipinski definition) is 1. The number of pyridine rings is 1. The predicted molar refractivity (Wildman–Crippen MR) is 134 cm³/mol. The Bertz CT molecular complexity index is 1300. The van der Waals surface area contributed by atoms with Crippen LogP contribution >= 0.6 is 0 Å². The third-order valence-electron chi connectivity index (χ3n) is 6.46. The number of anilines is 1. The van der Waals surface area contributed by atoms with Crippen molar-refractivity contribution in [3.05, 3.63) is 39.4 Å². The first-order chi connectivity index (χ1) is 17.5. The molecule has 2 fully saturated rings. The fraction of sp³-hybridized carbons (Fsp3) is 0.538. The second kappa shape index (κ2) is 10.1. The van der Waals surface area contributed by atoms with E-state index in [9.17, 15) is 24.3 Å². The van der Waals surface area contributed by atoms with Crippen molar-refractivity contribution in [2.75, 3.05) is 37.7 Å². The van der Waals surface area contributed by atoms with Crippen LogP contribution in [-0.4, -0.2) is 77.4 Å². The van der Waals surface area contributed by atoms with Crippen molar-refractivity contribution in [2.24, 2.45) is 0 Å². The van der Waals surface area contributed by atoms with E-state index in [0.29, 0.717) is 6.29 Å². The molecule has 0 radical (unpaired) electrons. The lowest BCUT2D eigenvalue weighted by atomic mass is 10.0. The molecular formula is C26H32FN3O7. The number of aldehydes is 1. The monoisotopic (exact) mass is 517 g/mol. The summed E-state index contributed by atoms with van der Waals surface area (Å²) in [6, 6.07) is 0.272. The number of amides is 1. The van der Waals surface area contributed by atoms with Crippen LogP contribution in [0.3, 0.4) is 0 Å². The van der Waals surface area contributed by atoms with Gasteiger partial charge in [-0.1, -0.05) is 0 Å². The maximum atomic E-state index is 15.7. The summed E-state index contributed by atoms with van der Waals surface area (Å²) in [4.78, 5) is 53.6. The van der Waals surface area contributed by atoms with Gasteiger partial charge in [-0.25, -0.2) is 14.0 Å². The molecule has 1 aromatic heterocycles. The summed E-state index contributed by atoms with van der Waals surface area (Å²) in [5.41, 5.74) is -1.50. The molecular weight excluding hydrogens is 485 g/mol. The SMILES string of the molecule is CCOC(=O)c1cn(C2CC2)c2c(C=O)c(N3CCN(C(=O)OC(C)(C)C)C[C@H]3CO)c(F)cc2c1=O. The molecule has 0 bridgehead atoms. The van der Waals surface area contributed by atoms with E-state index >= 15 is 4.39 Å². The van der Waals surface area contributed by atoms with E-state index < -0.39 is 41.6 Å². The number of esters is 1. The molecule has 1 aromatic carbocycles. The molecule has 1 saturated carbocycles. The van der Waals surface area contributed by atoms with Crippen LogP contribution in [0.1, 0.15) is 67.3 Å². The number of carbonyl (C=O) groups is 3. The maximum Gasteiger partial charge on any atom is 0.410 e. The van der Waals surface area contributed by atoms with Crippen molar-refractivity contribution in [1.82, 2.24) is 9.47 Å². The van der Waals surface area contributed by atoms with E-state index in [-0.39, 0.29) is 60.0 Å². The minimum Gasteiger partial charge on any atom is -0.462 e. The zero-order valence-corrected chi connectivity index (χ0v) is 21.5. The summed E-state index contributed by atoms with van der Waals surface area (Å²) < 4.78 is 27.8. The number of halogens is 1. The molecule has 1 amide bonds. The minimum atomic E-state index is -0.834. The maximum absolute atomic E-state index is 15.7. The Balaban J connectivity index is 1.81. The Kier molecular flexibility index (Phi) is 7.27. The summed E-state index contributed by atoms with van der Waals surface area (Å²) in [7, 11) is 0. The standard InChI is InChI=1S/C26H32FN3O7/c1-5-36-24(34)18-12-30(15-6-7-15)21-17(23(18)33)10-20(27)22(19(21)14-32)29-9-8-28(11-16(29)13-31)25(35)37-26(2,3)4/h10,12,14-16,31H,5-9,11,13H2,1-4H3/t16-/m0/s1. The average Bonchev–Trinajstić information content (AvgIpc) is 3.68. The highest BCUT2D eigenvalue weighted by molar-refractivity contribution is 6.04. The molecule has 1 saturated heterocycles. The first-order valence-corrected chi connectivity index (χ1v) is 12.4. The molecule has 0 spiro atoms. The highest BCUT2D eigenvalue weighted by Crippen LogP contribution is 2.40. The van der Waals surface area contributed by atoms with Crippen molar-refractivity contribution in [1.29, 1.82) is 0 Å². The van der Waals surface area contributed by atoms with Gasteiger partial charge in [-0.05, 0) is 46.6 Å². The zero-order chi connectivity index (χ0) is 27.1. The fourth-order valence-corrected chi connectivity index (χ4v) is 4.70. The number of aliphatic hydroxyl groups is 1.